The highest BCUT2D eigenvalue weighted by Gasteiger charge is 2.31. The number of carbonyl (C=O) groups is 4. The van der Waals surface area contributed by atoms with Gasteiger partial charge in [0.1, 0.15) is 13.1 Å². The van der Waals surface area contributed by atoms with Gasteiger partial charge < -0.3 is 8.97 Å². The molecule has 0 aliphatic carbocycles. The summed E-state index contributed by atoms with van der Waals surface area (Å²) in [6.07, 6.45) is 3.32. The fourth-order valence-corrected chi connectivity index (χ4v) is 4.16. The van der Waals surface area contributed by atoms with Gasteiger partial charge in [-0.1, -0.05) is 24.3 Å². The Morgan fingerprint density at radius 3 is 1.44 bits per heavy atom. The van der Waals surface area contributed by atoms with Crippen LogP contribution in [-0.2, 0) is 32.3 Å². The van der Waals surface area contributed by atoms with Crippen LogP contribution in [0.1, 0.15) is 24.0 Å². The Labute approximate surface area is 189 Å². The summed E-state index contributed by atoms with van der Waals surface area (Å²) >= 11 is 0. The largest absolute Gasteiger partial charge is 0.323 e. The van der Waals surface area contributed by atoms with E-state index in [-0.39, 0.29) is 23.6 Å². The molecule has 0 saturated carbocycles. The summed E-state index contributed by atoms with van der Waals surface area (Å²) in [4.78, 5) is 49.8. The highest BCUT2D eigenvalue weighted by atomic mass is 16.2. The molecule has 0 N–H and O–H groups in total. The van der Waals surface area contributed by atoms with E-state index in [1.807, 2.05) is 0 Å². The standard InChI is InChI=1S/C24H34N4O4/c1-27(2,15-13-25-21(29)9-10-22(25)30)17-19-5-7-20(8-6-19)18-28(3,4)16-14-26-23(31)11-12-24(26)32/h5-10H,11-18H2,1-4H3/q+2. The molecule has 0 radical (unpaired) electrons. The minimum absolute atomic E-state index is 0.0604. The van der Waals surface area contributed by atoms with Crippen LogP contribution < -0.4 is 0 Å². The fraction of sp³-hybridized carbons (Fsp3) is 0.500. The number of quaternary nitrogens is 2. The van der Waals surface area contributed by atoms with E-state index >= 15 is 0 Å². The summed E-state index contributed by atoms with van der Waals surface area (Å²) in [6, 6.07) is 8.49. The van der Waals surface area contributed by atoms with Crippen LogP contribution in [0, 0.1) is 0 Å². The molecule has 2 aliphatic heterocycles. The Balaban J connectivity index is 1.50. The predicted octanol–water partition coefficient (Wildman–Crippen LogP) is 0.913. The lowest BCUT2D eigenvalue weighted by Gasteiger charge is -2.32. The summed E-state index contributed by atoms with van der Waals surface area (Å²) in [7, 11) is 8.39. The second kappa shape index (κ2) is 9.34. The maximum Gasteiger partial charge on any atom is 0.253 e. The van der Waals surface area contributed by atoms with E-state index in [4.69, 9.17) is 0 Å². The molecule has 2 aliphatic rings. The van der Waals surface area contributed by atoms with Crippen LogP contribution in [0.25, 0.3) is 0 Å². The summed E-state index contributed by atoms with van der Waals surface area (Å²) in [6.45, 7) is 3.86. The van der Waals surface area contributed by atoms with Crippen molar-refractivity contribution in [2.75, 3.05) is 54.4 Å². The zero-order valence-corrected chi connectivity index (χ0v) is 19.5. The maximum absolute atomic E-state index is 11.8. The van der Waals surface area contributed by atoms with E-state index in [9.17, 15) is 19.2 Å². The first-order valence-corrected chi connectivity index (χ1v) is 11.0. The van der Waals surface area contributed by atoms with Crippen molar-refractivity contribution in [1.82, 2.24) is 9.80 Å². The third-order valence-electron chi connectivity index (χ3n) is 6.16. The number of hydrogen-bond donors (Lipinski definition) is 0. The lowest BCUT2D eigenvalue weighted by atomic mass is 10.1. The lowest BCUT2D eigenvalue weighted by Crippen LogP contribution is -2.46. The lowest BCUT2D eigenvalue weighted by molar-refractivity contribution is -0.903. The molecule has 0 aromatic heterocycles. The highest BCUT2D eigenvalue weighted by molar-refractivity contribution is 6.12. The SMILES string of the molecule is C[N+](C)(CCN1C(=O)C=CC1=O)Cc1ccc(C[N+](C)(C)CCN2C(=O)CCC2=O)cc1. The smallest absolute Gasteiger partial charge is 0.253 e. The number of likely N-dealkylation sites (N-methyl/N-ethyl adjacent to an activating group) is 2. The van der Waals surface area contributed by atoms with Gasteiger partial charge >= 0.3 is 0 Å². The molecule has 3 rings (SSSR count). The third kappa shape index (κ3) is 6.11. The van der Waals surface area contributed by atoms with Crippen LogP contribution in [0.3, 0.4) is 0 Å². The van der Waals surface area contributed by atoms with Crippen molar-refractivity contribution in [1.29, 1.82) is 0 Å². The molecule has 172 valence electrons. The molecular weight excluding hydrogens is 408 g/mol. The van der Waals surface area contributed by atoms with E-state index in [0.717, 1.165) is 13.1 Å². The Morgan fingerprint density at radius 2 is 1.03 bits per heavy atom. The van der Waals surface area contributed by atoms with E-state index < -0.39 is 0 Å². The summed E-state index contributed by atoms with van der Waals surface area (Å²) in [5.41, 5.74) is 2.39. The van der Waals surface area contributed by atoms with Crippen molar-refractivity contribution in [2.45, 2.75) is 25.9 Å². The first-order valence-electron chi connectivity index (χ1n) is 11.0. The monoisotopic (exact) mass is 442 g/mol. The molecule has 0 bridgehead atoms. The van der Waals surface area contributed by atoms with Gasteiger partial charge in [0.25, 0.3) is 11.8 Å². The van der Waals surface area contributed by atoms with Crippen molar-refractivity contribution >= 4 is 23.6 Å². The summed E-state index contributed by atoms with van der Waals surface area (Å²) in [5.74, 6) is -0.596. The number of benzene rings is 1. The fourth-order valence-electron chi connectivity index (χ4n) is 4.16. The zero-order chi connectivity index (χ0) is 23.5. The van der Waals surface area contributed by atoms with E-state index in [0.29, 0.717) is 48.0 Å². The number of hydrogen-bond acceptors (Lipinski definition) is 4. The normalized spacial score (nSPS) is 17.2. The highest BCUT2D eigenvalue weighted by Crippen LogP contribution is 2.16. The van der Waals surface area contributed by atoms with Crippen LogP contribution >= 0.6 is 0 Å². The van der Waals surface area contributed by atoms with Crippen molar-refractivity contribution in [3.8, 4) is 0 Å². The van der Waals surface area contributed by atoms with Gasteiger partial charge in [0, 0.05) is 36.1 Å². The first kappa shape index (κ1) is 23.8. The van der Waals surface area contributed by atoms with Gasteiger partial charge in [0.05, 0.1) is 54.4 Å². The van der Waals surface area contributed by atoms with Gasteiger partial charge in [0.15, 0.2) is 0 Å². The minimum atomic E-state index is -0.237. The molecule has 0 unspecified atom stereocenters. The molecule has 2 heterocycles. The number of rotatable bonds is 10. The average molecular weight is 443 g/mol. The second-order valence-electron chi connectivity index (χ2n) is 10.1. The first-order chi connectivity index (χ1) is 15.0. The predicted molar refractivity (Wildman–Crippen MR) is 120 cm³/mol. The van der Waals surface area contributed by atoms with Gasteiger partial charge in [-0.05, 0) is 0 Å². The molecule has 1 aromatic carbocycles. The van der Waals surface area contributed by atoms with E-state index in [1.54, 1.807) is 0 Å². The number of imide groups is 2. The summed E-state index contributed by atoms with van der Waals surface area (Å²) in [5, 5.41) is 0. The molecule has 0 spiro atoms. The Bertz CT molecular complexity index is 861. The van der Waals surface area contributed by atoms with Crippen LogP contribution in [0.2, 0.25) is 0 Å². The molecular formula is C24H34N4O4+2. The van der Waals surface area contributed by atoms with Crippen LogP contribution in [0.4, 0.5) is 0 Å². The molecule has 1 saturated heterocycles. The van der Waals surface area contributed by atoms with Crippen molar-refractivity contribution in [3.05, 3.63) is 47.5 Å². The molecule has 1 fully saturated rings. The van der Waals surface area contributed by atoms with Gasteiger partial charge in [-0.25, -0.2) is 0 Å². The maximum atomic E-state index is 11.8. The molecule has 8 heteroatoms. The molecule has 0 atom stereocenters. The van der Waals surface area contributed by atoms with Crippen molar-refractivity contribution < 1.29 is 28.1 Å². The number of nitrogens with zero attached hydrogens (tertiary/aromatic N) is 4. The van der Waals surface area contributed by atoms with Crippen LogP contribution in [0.15, 0.2) is 36.4 Å². The summed E-state index contributed by atoms with van der Waals surface area (Å²) < 4.78 is 1.35. The average Bonchev–Trinajstić information content (AvgIpc) is 3.20. The Kier molecular flexibility index (Phi) is 6.95. The minimum Gasteiger partial charge on any atom is -0.323 e. The Hall–Kier alpha value is -2.84. The van der Waals surface area contributed by atoms with Gasteiger partial charge in [-0.2, -0.15) is 0 Å². The second-order valence-corrected chi connectivity index (χ2v) is 10.1. The van der Waals surface area contributed by atoms with Gasteiger partial charge in [-0.3, -0.25) is 29.0 Å². The van der Waals surface area contributed by atoms with E-state index in [2.05, 4.69) is 52.5 Å². The molecule has 32 heavy (non-hydrogen) atoms. The van der Waals surface area contributed by atoms with Crippen molar-refractivity contribution in [3.63, 3.8) is 0 Å². The van der Waals surface area contributed by atoms with Gasteiger partial charge in [-0.15, -0.1) is 0 Å². The molecule has 8 nitrogen and oxygen atoms in total. The van der Waals surface area contributed by atoms with Crippen LogP contribution in [0.5, 0.6) is 0 Å². The Morgan fingerprint density at radius 1 is 0.656 bits per heavy atom. The molecule has 1 aromatic rings. The topological polar surface area (TPSA) is 74.8 Å². The van der Waals surface area contributed by atoms with Crippen molar-refractivity contribution in [2.24, 2.45) is 0 Å². The molecule has 4 amide bonds. The number of carbonyl (C=O) groups excluding carboxylic acids is 4. The van der Waals surface area contributed by atoms with E-state index in [1.165, 1.54) is 33.1 Å². The van der Waals surface area contributed by atoms with Crippen LogP contribution in [-0.4, -0.2) is 96.8 Å². The van der Waals surface area contributed by atoms with Gasteiger partial charge in [0.2, 0.25) is 11.8 Å². The zero-order valence-electron chi connectivity index (χ0n) is 19.5. The number of amides is 4. The number of likely N-dealkylation sites (tertiary alicyclic amines) is 1. The quantitative estimate of drug-likeness (QED) is 0.399. The third-order valence-corrected chi connectivity index (χ3v) is 6.16.